The summed E-state index contributed by atoms with van der Waals surface area (Å²) in [6, 6.07) is 1.88. The highest BCUT2D eigenvalue weighted by Gasteiger charge is 2.19. The van der Waals surface area contributed by atoms with E-state index in [1.54, 1.807) is 0 Å². The van der Waals surface area contributed by atoms with Gasteiger partial charge in [0, 0.05) is 10.5 Å². The molecule has 1 amide bonds. The van der Waals surface area contributed by atoms with Gasteiger partial charge in [-0.05, 0) is 53.8 Å². The fraction of sp³-hybridized carbons (Fsp3) is 0.500. The second-order valence-electron chi connectivity index (χ2n) is 5.25. The lowest BCUT2D eigenvalue weighted by atomic mass is 9.99. The maximum Gasteiger partial charge on any atom is 0.238 e. The maximum absolute atomic E-state index is 13.6. The number of halogens is 3. The number of amides is 1. The zero-order valence-corrected chi connectivity index (χ0v) is 12.8. The first-order chi connectivity index (χ1) is 9.45. The minimum atomic E-state index is -0.780. The van der Waals surface area contributed by atoms with Gasteiger partial charge >= 0.3 is 0 Å². The number of nitrogens with one attached hydrogen (secondary N) is 1. The highest BCUT2D eigenvalue weighted by molar-refractivity contribution is 9.10. The van der Waals surface area contributed by atoms with E-state index in [4.69, 9.17) is 0 Å². The molecule has 2 rings (SSSR count). The number of rotatable bonds is 3. The summed E-state index contributed by atoms with van der Waals surface area (Å²) in [6.45, 7) is 4.18. The van der Waals surface area contributed by atoms with E-state index in [0.29, 0.717) is 5.92 Å². The fourth-order valence-corrected chi connectivity index (χ4v) is 2.77. The standard InChI is InChI=1S/C14H17BrF2N2O/c1-9-2-4-19(5-3-9)8-13(20)18-14-11(15)6-10(16)7-12(14)17/h6-7,9H,2-5,8H2,1H3,(H,18,20). The summed E-state index contributed by atoms with van der Waals surface area (Å²) >= 11 is 3.05. The molecule has 20 heavy (non-hydrogen) atoms. The molecular weight excluding hydrogens is 330 g/mol. The average Bonchev–Trinajstić information content (AvgIpc) is 2.36. The molecular formula is C14H17BrF2N2O. The van der Waals surface area contributed by atoms with Crippen molar-refractivity contribution in [2.45, 2.75) is 19.8 Å². The summed E-state index contributed by atoms with van der Waals surface area (Å²) < 4.78 is 26.8. The SMILES string of the molecule is CC1CCN(CC(=O)Nc2c(F)cc(F)cc2Br)CC1. The number of carbonyl (C=O) groups excluding carboxylic acids is 1. The van der Waals surface area contributed by atoms with E-state index in [1.807, 2.05) is 4.90 Å². The number of hydrogen-bond donors (Lipinski definition) is 1. The molecule has 0 bridgehead atoms. The number of piperidine rings is 1. The predicted octanol–water partition coefficient (Wildman–Crippen LogP) is 3.40. The van der Waals surface area contributed by atoms with Gasteiger partial charge in [-0.3, -0.25) is 9.69 Å². The Kier molecular flexibility index (Phi) is 5.10. The lowest BCUT2D eigenvalue weighted by Crippen LogP contribution is -2.38. The molecule has 0 saturated carbocycles. The van der Waals surface area contributed by atoms with Crippen LogP contribution >= 0.6 is 15.9 Å². The molecule has 1 fully saturated rings. The van der Waals surface area contributed by atoms with Gasteiger partial charge in [-0.1, -0.05) is 6.92 Å². The van der Waals surface area contributed by atoms with Crippen LogP contribution in [0.3, 0.4) is 0 Å². The van der Waals surface area contributed by atoms with Gasteiger partial charge in [0.1, 0.15) is 5.82 Å². The quantitative estimate of drug-likeness (QED) is 0.909. The van der Waals surface area contributed by atoms with Crippen molar-refractivity contribution in [3.8, 4) is 0 Å². The Morgan fingerprint density at radius 2 is 2.05 bits per heavy atom. The summed E-state index contributed by atoms with van der Waals surface area (Å²) in [5.74, 6) is -1.06. The van der Waals surface area contributed by atoms with Crippen molar-refractivity contribution in [3.63, 3.8) is 0 Å². The maximum atomic E-state index is 13.6. The smallest absolute Gasteiger partial charge is 0.238 e. The summed E-state index contributed by atoms with van der Waals surface area (Å²) in [4.78, 5) is 14.0. The Hall–Kier alpha value is -1.01. The number of benzene rings is 1. The second-order valence-corrected chi connectivity index (χ2v) is 6.11. The van der Waals surface area contributed by atoms with Gasteiger partial charge in [0.25, 0.3) is 0 Å². The molecule has 0 radical (unpaired) electrons. The van der Waals surface area contributed by atoms with Crippen LogP contribution in [-0.4, -0.2) is 30.4 Å². The van der Waals surface area contributed by atoms with Crippen LogP contribution < -0.4 is 5.32 Å². The zero-order valence-electron chi connectivity index (χ0n) is 11.3. The Bertz CT molecular complexity index is 479. The van der Waals surface area contributed by atoms with Crippen molar-refractivity contribution in [2.24, 2.45) is 5.92 Å². The van der Waals surface area contributed by atoms with Gasteiger partial charge in [0.05, 0.1) is 12.2 Å². The topological polar surface area (TPSA) is 32.3 Å². The third kappa shape index (κ3) is 3.99. The van der Waals surface area contributed by atoms with Gasteiger partial charge in [-0.15, -0.1) is 0 Å². The van der Waals surface area contributed by atoms with Crippen molar-refractivity contribution in [1.82, 2.24) is 4.90 Å². The second kappa shape index (κ2) is 6.63. The number of likely N-dealkylation sites (tertiary alicyclic amines) is 1. The summed E-state index contributed by atoms with van der Waals surface area (Å²) in [7, 11) is 0. The average molecular weight is 347 g/mol. The van der Waals surface area contributed by atoms with E-state index in [9.17, 15) is 13.6 Å². The lowest BCUT2D eigenvalue weighted by Gasteiger charge is -2.29. The van der Waals surface area contributed by atoms with Crippen molar-refractivity contribution >= 4 is 27.5 Å². The third-order valence-electron chi connectivity index (χ3n) is 3.51. The molecule has 0 atom stereocenters. The van der Waals surface area contributed by atoms with E-state index in [-0.39, 0.29) is 22.6 Å². The monoisotopic (exact) mass is 346 g/mol. The minimum absolute atomic E-state index is 0.0122. The van der Waals surface area contributed by atoms with Crippen molar-refractivity contribution < 1.29 is 13.6 Å². The van der Waals surface area contributed by atoms with Crippen LogP contribution in [0.4, 0.5) is 14.5 Å². The van der Waals surface area contributed by atoms with Crippen LogP contribution in [0.15, 0.2) is 16.6 Å². The first-order valence-electron chi connectivity index (χ1n) is 6.62. The molecule has 6 heteroatoms. The van der Waals surface area contributed by atoms with Crippen LogP contribution in [0.2, 0.25) is 0 Å². The fourth-order valence-electron chi connectivity index (χ4n) is 2.26. The molecule has 0 aromatic heterocycles. The summed E-state index contributed by atoms with van der Waals surface area (Å²) in [6.07, 6.45) is 2.14. The van der Waals surface area contributed by atoms with Crippen LogP contribution in [0.25, 0.3) is 0 Å². The molecule has 1 aliphatic heterocycles. The normalized spacial score (nSPS) is 17.2. The van der Waals surface area contributed by atoms with Crippen molar-refractivity contribution in [2.75, 3.05) is 25.0 Å². The van der Waals surface area contributed by atoms with E-state index in [0.717, 1.165) is 38.1 Å². The van der Waals surface area contributed by atoms with Gasteiger partial charge in [0.2, 0.25) is 5.91 Å². The van der Waals surface area contributed by atoms with Gasteiger partial charge in [-0.25, -0.2) is 8.78 Å². The molecule has 1 aromatic rings. The molecule has 1 aliphatic rings. The van der Waals surface area contributed by atoms with Crippen LogP contribution in [-0.2, 0) is 4.79 Å². The van der Waals surface area contributed by atoms with Crippen LogP contribution in [0.1, 0.15) is 19.8 Å². The number of nitrogens with zero attached hydrogens (tertiary/aromatic N) is 1. The Balaban J connectivity index is 1.95. The molecule has 0 aliphatic carbocycles. The number of anilines is 1. The van der Waals surface area contributed by atoms with E-state index in [2.05, 4.69) is 28.2 Å². The molecule has 0 spiro atoms. The predicted molar refractivity (Wildman–Crippen MR) is 77.5 cm³/mol. The van der Waals surface area contributed by atoms with Crippen LogP contribution in [0.5, 0.6) is 0 Å². The Morgan fingerprint density at radius 3 is 2.65 bits per heavy atom. The molecule has 0 unspecified atom stereocenters. The van der Waals surface area contributed by atoms with Gasteiger partial charge in [0.15, 0.2) is 5.82 Å². The van der Waals surface area contributed by atoms with E-state index < -0.39 is 11.6 Å². The van der Waals surface area contributed by atoms with Crippen LogP contribution in [0, 0.1) is 17.6 Å². The Labute approximate surface area is 125 Å². The number of hydrogen-bond acceptors (Lipinski definition) is 2. The van der Waals surface area contributed by atoms with Crippen molar-refractivity contribution in [3.05, 3.63) is 28.2 Å². The summed E-state index contributed by atoms with van der Waals surface area (Å²) in [5, 5.41) is 2.50. The lowest BCUT2D eigenvalue weighted by molar-refractivity contribution is -0.117. The largest absolute Gasteiger partial charge is 0.322 e. The van der Waals surface area contributed by atoms with Crippen molar-refractivity contribution in [1.29, 1.82) is 0 Å². The van der Waals surface area contributed by atoms with E-state index in [1.165, 1.54) is 0 Å². The first-order valence-corrected chi connectivity index (χ1v) is 7.41. The third-order valence-corrected chi connectivity index (χ3v) is 4.14. The molecule has 1 heterocycles. The number of carbonyl (C=O) groups is 1. The Morgan fingerprint density at radius 1 is 1.40 bits per heavy atom. The highest BCUT2D eigenvalue weighted by atomic mass is 79.9. The van der Waals surface area contributed by atoms with Gasteiger partial charge < -0.3 is 5.32 Å². The van der Waals surface area contributed by atoms with Gasteiger partial charge in [-0.2, -0.15) is 0 Å². The molecule has 3 nitrogen and oxygen atoms in total. The summed E-state index contributed by atoms with van der Waals surface area (Å²) in [5.41, 5.74) is -0.0122. The zero-order chi connectivity index (χ0) is 14.7. The molecule has 1 N–H and O–H groups in total. The highest BCUT2D eigenvalue weighted by Crippen LogP contribution is 2.27. The van der Waals surface area contributed by atoms with E-state index >= 15 is 0 Å². The minimum Gasteiger partial charge on any atom is -0.322 e. The molecule has 1 aromatic carbocycles. The molecule has 110 valence electrons. The molecule has 1 saturated heterocycles. The first kappa shape index (κ1) is 15.4.